The summed E-state index contributed by atoms with van der Waals surface area (Å²) in [5, 5.41) is 0.854. The van der Waals surface area contributed by atoms with Crippen molar-refractivity contribution in [3.8, 4) is 0 Å². The van der Waals surface area contributed by atoms with Gasteiger partial charge >= 0.3 is 6.18 Å². The summed E-state index contributed by atoms with van der Waals surface area (Å²) in [6.45, 7) is 3.89. The van der Waals surface area contributed by atoms with Gasteiger partial charge in [-0.1, -0.05) is 51.6 Å². The van der Waals surface area contributed by atoms with Crippen LogP contribution in [0, 0.1) is 0 Å². The average molecular weight is 405 g/mol. The van der Waals surface area contributed by atoms with Crippen LogP contribution in [0.25, 0.3) is 10.9 Å². The number of benzene rings is 2. The van der Waals surface area contributed by atoms with Crippen molar-refractivity contribution >= 4 is 22.5 Å². The van der Waals surface area contributed by atoms with Crippen molar-refractivity contribution in [2.24, 2.45) is 5.73 Å². The quantitative estimate of drug-likeness (QED) is 0.632. The van der Waals surface area contributed by atoms with E-state index in [0.29, 0.717) is 11.3 Å². The number of nitrogens with two attached hydrogens (primary N) is 1. The fourth-order valence-electron chi connectivity index (χ4n) is 2.62. The average Bonchev–Trinajstić information content (AvgIpc) is 2.72. The summed E-state index contributed by atoms with van der Waals surface area (Å²) in [7, 11) is 0. The van der Waals surface area contributed by atoms with Crippen LogP contribution in [-0.4, -0.2) is 17.4 Å². The standard InChI is InChI=1S/C19H16F3N3O.C2H6.CH4/c20-19(21,22)15-7-5-13(6-8-15)12-25(18(26)10-23)16-9-14-3-1-2-4-17(14)24-11-16;1-2;/h1-9,11H,10,12,23H2;1-2H3;1H4. The number of para-hydroxylation sites is 1. The zero-order chi connectivity index (χ0) is 20.7. The van der Waals surface area contributed by atoms with E-state index in [1.54, 1.807) is 12.3 Å². The molecular weight excluding hydrogens is 379 g/mol. The van der Waals surface area contributed by atoms with E-state index in [0.717, 1.165) is 23.0 Å². The van der Waals surface area contributed by atoms with Crippen molar-refractivity contribution in [2.45, 2.75) is 34.0 Å². The normalized spacial score (nSPS) is 10.6. The molecule has 7 heteroatoms. The maximum absolute atomic E-state index is 12.7. The van der Waals surface area contributed by atoms with E-state index in [4.69, 9.17) is 5.73 Å². The number of hydrogen-bond acceptors (Lipinski definition) is 3. The molecule has 4 nitrogen and oxygen atoms in total. The molecule has 2 N–H and O–H groups in total. The van der Waals surface area contributed by atoms with Gasteiger partial charge in [0, 0.05) is 5.39 Å². The van der Waals surface area contributed by atoms with Gasteiger partial charge in [-0.05, 0) is 29.8 Å². The first-order valence-electron chi connectivity index (χ1n) is 8.90. The molecule has 2 aromatic carbocycles. The molecule has 0 saturated carbocycles. The van der Waals surface area contributed by atoms with E-state index in [-0.39, 0.29) is 26.4 Å². The first kappa shape index (κ1) is 24.1. The Hall–Kier alpha value is -2.93. The molecule has 0 aliphatic heterocycles. The Bertz CT molecular complexity index is 924. The molecule has 0 spiro atoms. The van der Waals surface area contributed by atoms with Crippen LogP contribution in [-0.2, 0) is 17.5 Å². The third kappa shape index (κ3) is 6.02. The minimum atomic E-state index is -4.40. The maximum Gasteiger partial charge on any atom is 0.416 e. The molecule has 0 unspecified atom stereocenters. The summed E-state index contributed by atoms with van der Waals surface area (Å²) in [6, 6.07) is 14.0. The van der Waals surface area contributed by atoms with E-state index in [2.05, 4.69) is 4.98 Å². The Balaban J connectivity index is 0.00000136. The van der Waals surface area contributed by atoms with Gasteiger partial charge in [0.25, 0.3) is 0 Å². The number of hydrogen-bond donors (Lipinski definition) is 1. The molecule has 156 valence electrons. The predicted octanol–water partition coefficient (Wildman–Crippen LogP) is 5.41. The van der Waals surface area contributed by atoms with Gasteiger partial charge in [-0.2, -0.15) is 13.2 Å². The second-order valence-corrected chi connectivity index (χ2v) is 5.76. The van der Waals surface area contributed by atoms with Gasteiger partial charge in [-0.3, -0.25) is 9.78 Å². The van der Waals surface area contributed by atoms with Crippen molar-refractivity contribution in [2.75, 3.05) is 11.4 Å². The van der Waals surface area contributed by atoms with Crippen LogP contribution in [0.2, 0.25) is 0 Å². The zero-order valence-corrected chi connectivity index (χ0v) is 15.7. The molecule has 0 atom stereocenters. The van der Waals surface area contributed by atoms with E-state index in [1.165, 1.54) is 17.0 Å². The number of carbonyl (C=O) groups is 1. The number of alkyl halides is 3. The molecule has 29 heavy (non-hydrogen) atoms. The van der Waals surface area contributed by atoms with Gasteiger partial charge in [0.1, 0.15) is 0 Å². The lowest BCUT2D eigenvalue weighted by Gasteiger charge is -2.22. The monoisotopic (exact) mass is 405 g/mol. The summed E-state index contributed by atoms with van der Waals surface area (Å²) in [4.78, 5) is 18.0. The van der Waals surface area contributed by atoms with Gasteiger partial charge in [0.15, 0.2) is 0 Å². The third-order valence-electron chi connectivity index (χ3n) is 3.99. The van der Waals surface area contributed by atoms with Crippen LogP contribution < -0.4 is 10.6 Å². The Morgan fingerprint density at radius 1 is 1.07 bits per heavy atom. The van der Waals surface area contributed by atoms with Crippen LogP contribution in [0.1, 0.15) is 32.4 Å². The van der Waals surface area contributed by atoms with Gasteiger partial charge in [-0.25, -0.2) is 0 Å². The highest BCUT2D eigenvalue weighted by atomic mass is 19.4. The number of nitrogens with zero attached hydrogens (tertiary/aromatic N) is 2. The molecule has 0 saturated heterocycles. The molecule has 1 amide bonds. The predicted molar refractivity (Wildman–Crippen MR) is 112 cm³/mol. The molecular formula is C22H26F3N3O. The molecule has 3 rings (SSSR count). The lowest BCUT2D eigenvalue weighted by molar-refractivity contribution is -0.137. The van der Waals surface area contributed by atoms with E-state index in [1.807, 2.05) is 38.1 Å². The first-order chi connectivity index (χ1) is 13.4. The Labute approximate surface area is 169 Å². The molecule has 0 aliphatic carbocycles. The fourth-order valence-corrected chi connectivity index (χ4v) is 2.62. The summed E-state index contributed by atoms with van der Waals surface area (Å²) in [6.07, 6.45) is -2.84. The zero-order valence-electron chi connectivity index (χ0n) is 15.7. The van der Waals surface area contributed by atoms with Crippen molar-refractivity contribution in [3.05, 3.63) is 71.9 Å². The van der Waals surface area contributed by atoms with Crippen molar-refractivity contribution in [1.82, 2.24) is 4.98 Å². The Kier molecular flexibility index (Phi) is 8.79. The van der Waals surface area contributed by atoms with Crippen LogP contribution >= 0.6 is 0 Å². The number of pyridine rings is 1. The van der Waals surface area contributed by atoms with Crippen molar-refractivity contribution in [1.29, 1.82) is 0 Å². The number of carbonyl (C=O) groups excluding carboxylic acids is 1. The van der Waals surface area contributed by atoms with Crippen LogP contribution in [0.4, 0.5) is 18.9 Å². The van der Waals surface area contributed by atoms with Crippen molar-refractivity contribution < 1.29 is 18.0 Å². The summed E-state index contributed by atoms with van der Waals surface area (Å²) < 4.78 is 38.1. The highest BCUT2D eigenvalue weighted by Gasteiger charge is 2.30. The fraction of sp³-hybridized carbons (Fsp3) is 0.273. The Morgan fingerprint density at radius 2 is 1.69 bits per heavy atom. The third-order valence-corrected chi connectivity index (χ3v) is 3.99. The van der Waals surface area contributed by atoms with Gasteiger partial charge in [0.05, 0.1) is 36.1 Å². The lowest BCUT2D eigenvalue weighted by Crippen LogP contribution is -2.35. The second-order valence-electron chi connectivity index (χ2n) is 5.76. The largest absolute Gasteiger partial charge is 0.416 e. The summed E-state index contributed by atoms with van der Waals surface area (Å²) in [5.41, 5.74) is 6.65. The number of amides is 1. The maximum atomic E-state index is 12.7. The number of rotatable bonds is 4. The smallest absolute Gasteiger partial charge is 0.322 e. The number of halogens is 3. The molecule has 3 aromatic rings. The van der Waals surface area contributed by atoms with Gasteiger partial charge in [-0.15, -0.1) is 0 Å². The molecule has 1 aromatic heterocycles. The van der Waals surface area contributed by atoms with Crippen LogP contribution in [0.3, 0.4) is 0 Å². The van der Waals surface area contributed by atoms with Crippen LogP contribution in [0.5, 0.6) is 0 Å². The second kappa shape index (κ2) is 10.6. The minimum absolute atomic E-state index is 0. The van der Waals surface area contributed by atoms with Crippen LogP contribution in [0.15, 0.2) is 60.8 Å². The molecule has 0 bridgehead atoms. The molecule has 0 aliphatic rings. The van der Waals surface area contributed by atoms with E-state index < -0.39 is 11.7 Å². The first-order valence-corrected chi connectivity index (χ1v) is 8.90. The minimum Gasteiger partial charge on any atom is -0.322 e. The summed E-state index contributed by atoms with van der Waals surface area (Å²) in [5.74, 6) is -0.345. The lowest BCUT2D eigenvalue weighted by atomic mass is 10.1. The number of fused-ring (bicyclic) bond motifs is 1. The van der Waals surface area contributed by atoms with E-state index >= 15 is 0 Å². The highest BCUT2D eigenvalue weighted by Crippen LogP contribution is 2.29. The van der Waals surface area contributed by atoms with Gasteiger partial charge in [0.2, 0.25) is 5.91 Å². The van der Waals surface area contributed by atoms with Gasteiger partial charge < -0.3 is 10.6 Å². The highest BCUT2D eigenvalue weighted by molar-refractivity contribution is 5.96. The number of anilines is 1. The number of aromatic nitrogens is 1. The molecule has 0 fully saturated rings. The van der Waals surface area contributed by atoms with E-state index in [9.17, 15) is 18.0 Å². The molecule has 0 radical (unpaired) electrons. The SMILES string of the molecule is C.CC.NCC(=O)N(Cc1ccc(C(F)(F)F)cc1)c1cnc2ccccc2c1. The summed E-state index contributed by atoms with van der Waals surface area (Å²) >= 11 is 0. The topological polar surface area (TPSA) is 59.2 Å². The van der Waals surface area contributed by atoms with Crippen molar-refractivity contribution in [3.63, 3.8) is 0 Å². The molecule has 1 heterocycles. The Morgan fingerprint density at radius 3 is 2.28 bits per heavy atom.